The maximum Gasteiger partial charge on any atom is 0.326 e. The van der Waals surface area contributed by atoms with E-state index in [0.29, 0.717) is 5.75 Å². The molecule has 0 fully saturated rings. The predicted octanol–water partition coefficient (Wildman–Crippen LogP) is 1.52. The largest absolute Gasteiger partial charge is 0.497 e. The molecule has 0 spiro atoms. The lowest BCUT2D eigenvalue weighted by Crippen LogP contribution is -2.41. The summed E-state index contributed by atoms with van der Waals surface area (Å²) in [6.07, 6.45) is 0. The third-order valence-corrected chi connectivity index (χ3v) is 2.72. The molecule has 1 aromatic carbocycles. The number of amides is 1. The van der Waals surface area contributed by atoms with Gasteiger partial charge in [0.15, 0.2) is 0 Å². The molecule has 1 N–H and O–H groups in total. The van der Waals surface area contributed by atoms with Crippen LogP contribution in [0.3, 0.4) is 0 Å². The molecule has 0 heterocycles. The van der Waals surface area contributed by atoms with Crippen LogP contribution < -0.4 is 4.74 Å². The van der Waals surface area contributed by atoms with Gasteiger partial charge in [-0.1, -0.05) is 12.1 Å². The molecule has 1 atom stereocenters. The summed E-state index contributed by atoms with van der Waals surface area (Å²) in [5.41, 5.74) is 0.831. The molecule has 1 amide bonds. The number of carboxylic acids is 1. The van der Waals surface area contributed by atoms with Crippen LogP contribution in [-0.2, 0) is 16.1 Å². The first-order chi connectivity index (χ1) is 8.45. The second-order valence-electron chi connectivity index (χ2n) is 4.01. The quantitative estimate of drug-likeness (QED) is 0.861. The Labute approximate surface area is 106 Å². The summed E-state index contributed by atoms with van der Waals surface area (Å²) in [4.78, 5) is 23.7. The van der Waals surface area contributed by atoms with Gasteiger partial charge in [0.05, 0.1) is 7.11 Å². The Bertz CT molecular complexity index is 444. The van der Waals surface area contributed by atoms with Gasteiger partial charge in [0.1, 0.15) is 11.8 Å². The Morgan fingerprint density at radius 1 is 1.44 bits per heavy atom. The molecule has 0 saturated carbocycles. The Kier molecular flexibility index (Phi) is 4.71. The fourth-order valence-corrected chi connectivity index (χ4v) is 1.62. The third kappa shape index (κ3) is 3.48. The van der Waals surface area contributed by atoms with E-state index in [1.165, 1.54) is 18.7 Å². The molecule has 0 aromatic heterocycles. The van der Waals surface area contributed by atoms with E-state index in [-0.39, 0.29) is 12.5 Å². The summed E-state index contributed by atoms with van der Waals surface area (Å²) in [6, 6.07) is 6.35. The minimum Gasteiger partial charge on any atom is -0.497 e. The van der Waals surface area contributed by atoms with Crippen molar-refractivity contribution in [3.63, 3.8) is 0 Å². The van der Waals surface area contributed by atoms with E-state index in [4.69, 9.17) is 9.84 Å². The van der Waals surface area contributed by atoms with E-state index >= 15 is 0 Å². The number of nitrogens with zero attached hydrogens (tertiary/aromatic N) is 1. The second-order valence-corrected chi connectivity index (χ2v) is 4.01. The fourth-order valence-electron chi connectivity index (χ4n) is 1.62. The number of carbonyl (C=O) groups is 2. The highest BCUT2D eigenvalue weighted by atomic mass is 16.5. The van der Waals surface area contributed by atoms with Gasteiger partial charge in [0.25, 0.3) is 0 Å². The lowest BCUT2D eigenvalue weighted by molar-refractivity contribution is -0.149. The Morgan fingerprint density at radius 3 is 2.61 bits per heavy atom. The van der Waals surface area contributed by atoms with E-state index < -0.39 is 12.0 Å². The molecular formula is C13H17NO4. The van der Waals surface area contributed by atoms with Crippen LogP contribution >= 0.6 is 0 Å². The number of hydrogen-bond donors (Lipinski definition) is 1. The Hall–Kier alpha value is -2.04. The predicted molar refractivity (Wildman–Crippen MR) is 66.3 cm³/mol. The van der Waals surface area contributed by atoms with Crippen LogP contribution in [0, 0.1) is 0 Å². The SMILES string of the molecule is COc1cccc(CN(C(C)=O)C(C)C(=O)O)c1. The molecule has 0 saturated heterocycles. The molecule has 0 aliphatic heterocycles. The highest BCUT2D eigenvalue weighted by Crippen LogP contribution is 2.15. The van der Waals surface area contributed by atoms with Crippen LogP contribution in [0.1, 0.15) is 19.4 Å². The molecule has 1 aromatic rings. The zero-order chi connectivity index (χ0) is 13.7. The van der Waals surface area contributed by atoms with E-state index in [1.54, 1.807) is 25.3 Å². The minimum absolute atomic E-state index is 0.250. The number of benzene rings is 1. The van der Waals surface area contributed by atoms with Crippen LogP contribution in [0.4, 0.5) is 0 Å². The summed E-state index contributed by atoms with van der Waals surface area (Å²) in [5.74, 6) is -0.611. The van der Waals surface area contributed by atoms with Crippen LogP contribution in [0.15, 0.2) is 24.3 Å². The van der Waals surface area contributed by atoms with Crippen molar-refractivity contribution in [3.05, 3.63) is 29.8 Å². The lowest BCUT2D eigenvalue weighted by Gasteiger charge is -2.25. The van der Waals surface area contributed by atoms with Gasteiger partial charge >= 0.3 is 5.97 Å². The summed E-state index contributed by atoms with van der Waals surface area (Å²) in [7, 11) is 1.56. The van der Waals surface area contributed by atoms with Crippen molar-refractivity contribution in [1.29, 1.82) is 0 Å². The molecular weight excluding hydrogens is 234 g/mol. The van der Waals surface area contributed by atoms with Crippen LogP contribution in [0.25, 0.3) is 0 Å². The lowest BCUT2D eigenvalue weighted by atomic mass is 10.1. The number of aliphatic carboxylic acids is 1. The van der Waals surface area contributed by atoms with Gasteiger partial charge in [0, 0.05) is 13.5 Å². The van der Waals surface area contributed by atoms with Crippen molar-refractivity contribution in [1.82, 2.24) is 4.90 Å². The van der Waals surface area contributed by atoms with Gasteiger partial charge in [-0.2, -0.15) is 0 Å². The van der Waals surface area contributed by atoms with Gasteiger partial charge in [0.2, 0.25) is 5.91 Å². The first kappa shape index (κ1) is 14.0. The Morgan fingerprint density at radius 2 is 2.11 bits per heavy atom. The van der Waals surface area contributed by atoms with E-state index in [0.717, 1.165) is 5.56 Å². The highest BCUT2D eigenvalue weighted by Gasteiger charge is 2.22. The average molecular weight is 251 g/mol. The van der Waals surface area contributed by atoms with Crippen LogP contribution in [0.2, 0.25) is 0 Å². The number of ether oxygens (including phenoxy) is 1. The minimum atomic E-state index is -1.02. The van der Waals surface area contributed by atoms with E-state index in [1.807, 2.05) is 6.07 Å². The maximum atomic E-state index is 11.5. The van der Waals surface area contributed by atoms with Crippen molar-refractivity contribution >= 4 is 11.9 Å². The summed E-state index contributed by atoms with van der Waals surface area (Å²) < 4.78 is 5.09. The standard InChI is InChI=1S/C13H17NO4/c1-9(13(16)17)14(10(2)15)8-11-5-4-6-12(7-11)18-3/h4-7,9H,8H2,1-3H3,(H,16,17). The molecule has 18 heavy (non-hydrogen) atoms. The Balaban J connectivity index is 2.89. The molecule has 0 aliphatic carbocycles. The van der Waals surface area contributed by atoms with E-state index in [9.17, 15) is 9.59 Å². The molecule has 1 unspecified atom stereocenters. The molecule has 5 heteroatoms. The van der Waals surface area contributed by atoms with Crippen LogP contribution in [0.5, 0.6) is 5.75 Å². The number of carbonyl (C=O) groups excluding carboxylic acids is 1. The first-order valence-electron chi connectivity index (χ1n) is 5.58. The normalized spacial score (nSPS) is 11.7. The summed E-state index contributed by atoms with van der Waals surface area (Å²) in [6.45, 7) is 3.10. The van der Waals surface area contributed by atoms with Crippen molar-refractivity contribution in [2.75, 3.05) is 7.11 Å². The van der Waals surface area contributed by atoms with Gasteiger partial charge in [-0.15, -0.1) is 0 Å². The van der Waals surface area contributed by atoms with Gasteiger partial charge in [-0.3, -0.25) is 4.79 Å². The second kappa shape index (κ2) is 6.05. The third-order valence-electron chi connectivity index (χ3n) is 2.72. The number of hydrogen-bond acceptors (Lipinski definition) is 3. The molecule has 1 rings (SSSR count). The topological polar surface area (TPSA) is 66.8 Å². The molecule has 0 radical (unpaired) electrons. The van der Waals surface area contributed by atoms with Gasteiger partial charge < -0.3 is 14.7 Å². The van der Waals surface area contributed by atoms with Gasteiger partial charge in [-0.05, 0) is 24.6 Å². The van der Waals surface area contributed by atoms with Crippen molar-refractivity contribution in [2.24, 2.45) is 0 Å². The number of methoxy groups -OCH3 is 1. The number of carboxylic acid groups (broad SMARTS) is 1. The van der Waals surface area contributed by atoms with Crippen molar-refractivity contribution in [3.8, 4) is 5.75 Å². The van der Waals surface area contributed by atoms with Gasteiger partial charge in [-0.25, -0.2) is 4.79 Å². The van der Waals surface area contributed by atoms with Crippen LogP contribution in [-0.4, -0.2) is 35.0 Å². The molecule has 98 valence electrons. The molecule has 5 nitrogen and oxygen atoms in total. The van der Waals surface area contributed by atoms with E-state index in [2.05, 4.69) is 0 Å². The monoisotopic (exact) mass is 251 g/mol. The zero-order valence-electron chi connectivity index (χ0n) is 10.7. The first-order valence-corrected chi connectivity index (χ1v) is 5.58. The molecule has 0 bridgehead atoms. The maximum absolute atomic E-state index is 11.5. The summed E-state index contributed by atoms with van der Waals surface area (Å²) in [5, 5.41) is 8.96. The fraction of sp³-hybridized carbons (Fsp3) is 0.385. The smallest absolute Gasteiger partial charge is 0.326 e. The average Bonchev–Trinajstić information content (AvgIpc) is 2.35. The highest BCUT2D eigenvalue weighted by molar-refractivity contribution is 5.81. The van der Waals surface area contributed by atoms with Crippen molar-refractivity contribution in [2.45, 2.75) is 26.4 Å². The zero-order valence-corrected chi connectivity index (χ0v) is 10.7. The van der Waals surface area contributed by atoms with Crippen molar-refractivity contribution < 1.29 is 19.4 Å². The number of rotatable bonds is 5. The molecule has 0 aliphatic rings. The summed E-state index contributed by atoms with van der Waals surface area (Å²) >= 11 is 0.